The molecule has 1 unspecified atom stereocenters. The van der Waals surface area contributed by atoms with Gasteiger partial charge >= 0.3 is 0 Å². The highest BCUT2D eigenvalue weighted by Gasteiger charge is 2.22. The van der Waals surface area contributed by atoms with Gasteiger partial charge < -0.3 is 4.74 Å². The first-order valence-electron chi connectivity index (χ1n) is 5.11. The van der Waals surface area contributed by atoms with Crippen LogP contribution in [0.15, 0.2) is 17.5 Å². The van der Waals surface area contributed by atoms with Gasteiger partial charge in [-0.2, -0.15) is 0 Å². The van der Waals surface area contributed by atoms with Crippen LogP contribution in [-0.2, 0) is 11.2 Å². The van der Waals surface area contributed by atoms with Crippen molar-refractivity contribution in [3.8, 4) is 0 Å². The van der Waals surface area contributed by atoms with E-state index in [0.29, 0.717) is 0 Å². The van der Waals surface area contributed by atoms with Gasteiger partial charge in [0.1, 0.15) is 0 Å². The van der Waals surface area contributed by atoms with Gasteiger partial charge in [0.25, 0.3) is 0 Å². The molecule has 1 rings (SSSR count). The van der Waals surface area contributed by atoms with Gasteiger partial charge in [0.05, 0.1) is 5.60 Å². The third kappa shape index (κ3) is 4.30. The van der Waals surface area contributed by atoms with E-state index in [1.807, 2.05) is 0 Å². The molecule has 3 nitrogen and oxygen atoms in total. The van der Waals surface area contributed by atoms with E-state index < -0.39 is 0 Å². The van der Waals surface area contributed by atoms with Crippen molar-refractivity contribution in [2.24, 2.45) is 5.84 Å². The normalized spacial score (nSPS) is 14.1. The number of ether oxygens (including phenoxy) is 1. The number of hydrogen-bond acceptors (Lipinski definition) is 4. The minimum absolute atomic E-state index is 0.131. The first-order chi connectivity index (χ1) is 7.07. The fourth-order valence-corrected chi connectivity index (χ4v) is 2.32. The summed E-state index contributed by atoms with van der Waals surface area (Å²) >= 11 is 1.76. The summed E-state index contributed by atoms with van der Waals surface area (Å²) < 4.78 is 5.40. The van der Waals surface area contributed by atoms with Gasteiger partial charge in [-0.15, -0.1) is 11.3 Å². The lowest BCUT2D eigenvalue weighted by molar-refractivity contribution is 0.00717. The highest BCUT2D eigenvalue weighted by Crippen LogP contribution is 2.19. The summed E-state index contributed by atoms with van der Waals surface area (Å²) in [6.07, 6.45) is 1.86. The predicted octanol–water partition coefficient (Wildman–Crippen LogP) is 1.94. The van der Waals surface area contributed by atoms with Crippen molar-refractivity contribution in [2.45, 2.75) is 38.3 Å². The van der Waals surface area contributed by atoms with Crippen LogP contribution in [0.4, 0.5) is 0 Å². The smallest absolute Gasteiger partial charge is 0.0638 e. The van der Waals surface area contributed by atoms with Crippen molar-refractivity contribution in [3.63, 3.8) is 0 Å². The van der Waals surface area contributed by atoms with Crippen molar-refractivity contribution in [2.75, 3.05) is 7.11 Å². The quantitative estimate of drug-likeness (QED) is 0.578. The molecule has 3 N–H and O–H groups in total. The van der Waals surface area contributed by atoms with E-state index in [-0.39, 0.29) is 11.6 Å². The third-order valence-corrected chi connectivity index (χ3v) is 3.45. The number of methoxy groups -OCH3 is 1. The standard InChI is InChI=1S/C11H20N2OS/c1-11(2,14-3)8-9(13-12)7-10-5-4-6-15-10/h4-6,9,13H,7-8,12H2,1-3H3. The summed E-state index contributed by atoms with van der Waals surface area (Å²) in [5.74, 6) is 5.55. The van der Waals surface area contributed by atoms with Crippen LogP contribution < -0.4 is 11.3 Å². The largest absolute Gasteiger partial charge is 0.379 e. The lowest BCUT2D eigenvalue weighted by Crippen LogP contribution is -2.42. The molecule has 0 bridgehead atoms. The average molecular weight is 228 g/mol. The van der Waals surface area contributed by atoms with Crippen LogP contribution in [0.5, 0.6) is 0 Å². The molecule has 15 heavy (non-hydrogen) atoms. The number of rotatable bonds is 6. The van der Waals surface area contributed by atoms with Crippen molar-refractivity contribution in [3.05, 3.63) is 22.4 Å². The van der Waals surface area contributed by atoms with E-state index in [0.717, 1.165) is 12.8 Å². The molecule has 0 fully saturated rings. The number of nitrogens with one attached hydrogen (secondary N) is 1. The zero-order valence-electron chi connectivity index (χ0n) is 9.62. The molecule has 0 saturated heterocycles. The Morgan fingerprint density at radius 3 is 2.80 bits per heavy atom. The first kappa shape index (κ1) is 12.6. The van der Waals surface area contributed by atoms with Crippen molar-refractivity contribution in [1.82, 2.24) is 5.43 Å². The van der Waals surface area contributed by atoms with E-state index >= 15 is 0 Å². The SMILES string of the molecule is COC(C)(C)CC(Cc1cccs1)NN. The molecule has 0 aliphatic rings. The van der Waals surface area contributed by atoms with Crippen LogP contribution in [0.2, 0.25) is 0 Å². The minimum atomic E-state index is -0.131. The molecular formula is C11H20N2OS. The molecule has 0 aromatic carbocycles. The highest BCUT2D eigenvalue weighted by atomic mass is 32.1. The number of nitrogens with two attached hydrogens (primary N) is 1. The average Bonchev–Trinajstić information content (AvgIpc) is 2.69. The Bertz CT molecular complexity index is 272. The molecule has 4 heteroatoms. The Hall–Kier alpha value is -0.420. The van der Waals surface area contributed by atoms with Gasteiger partial charge in [-0.3, -0.25) is 11.3 Å². The molecule has 0 aliphatic heterocycles. The van der Waals surface area contributed by atoms with E-state index in [1.165, 1.54) is 4.88 Å². The molecule has 1 aromatic rings. The Morgan fingerprint density at radius 2 is 2.33 bits per heavy atom. The summed E-state index contributed by atoms with van der Waals surface area (Å²) in [5, 5.41) is 2.09. The lowest BCUT2D eigenvalue weighted by Gasteiger charge is -2.27. The Labute approximate surface area is 95.6 Å². The molecule has 86 valence electrons. The number of hydrazine groups is 1. The Morgan fingerprint density at radius 1 is 1.60 bits per heavy atom. The van der Waals surface area contributed by atoms with Crippen molar-refractivity contribution in [1.29, 1.82) is 0 Å². The molecule has 1 atom stereocenters. The second-order valence-corrected chi connectivity index (χ2v) is 5.35. The van der Waals surface area contributed by atoms with E-state index in [1.54, 1.807) is 18.4 Å². The molecule has 0 aliphatic carbocycles. The van der Waals surface area contributed by atoms with Crippen LogP contribution in [-0.4, -0.2) is 18.8 Å². The highest BCUT2D eigenvalue weighted by molar-refractivity contribution is 7.09. The van der Waals surface area contributed by atoms with E-state index in [4.69, 9.17) is 10.6 Å². The minimum Gasteiger partial charge on any atom is -0.379 e. The molecule has 1 heterocycles. The summed E-state index contributed by atoms with van der Waals surface area (Å²) in [4.78, 5) is 1.35. The molecule has 0 spiro atoms. The molecule has 0 radical (unpaired) electrons. The van der Waals surface area contributed by atoms with Crippen molar-refractivity contribution >= 4 is 11.3 Å². The molecule has 0 amide bonds. The Kier molecular flexibility index (Phi) is 4.73. The summed E-state index contributed by atoms with van der Waals surface area (Å²) in [6, 6.07) is 4.46. The lowest BCUT2D eigenvalue weighted by atomic mass is 9.97. The number of hydrogen-bond donors (Lipinski definition) is 2. The van der Waals surface area contributed by atoms with Gasteiger partial charge in [-0.25, -0.2) is 0 Å². The monoisotopic (exact) mass is 228 g/mol. The fraction of sp³-hybridized carbons (Fsp3) is 0.636. The maximum atomic E-state index is 5.55. The van der Waals surface area contributed by atoms with Crippen LogP contribution in [0.25, 0.3) is 0 Å². The topological polar surface area (TPSA) is 47.3 Å². The predicted molar refractivity (Wildman–Crippen MR) is 64.8 cm³/mol. The molecule has 0 saturated carbocycles. The fourth-order valence-electron chi connectivity index (χ4n) is 1.54. The van der Waals surface area contributed by atoms with Gasteiger partial charge in [0.2, 0.25) is 0 Å². The van der Waals surface area contributed by atoms with Gasteiger partial charge in [-0.05, 0) is 38.1 Å². The van der Waals surface area contributed by atoms with Gasteiger partial charge in [0, 0.05) is 18.0 Å². The zero-order chi connectivity index (χ0) is 11.3. The molecule has 1 aromatic heterocycles. The zero-order valence-corrected chi connectivity index (χ0v) is 10.4. The second-order valence-electron chi connectivity index (χ2n) is 4.32. The van der Waals surface area contributed by atoms with Crippen LogP contribution >= 0.6 is 11.3 Å². The second kappa shape index (κ2) is 5.61. The van der Waals surface area contributed by atoms with E-state index in [9.17, 15) is 0 Å². The van der Waals surface area contributed by atoms with Crippen LogP contribution in [0.1, 0.15) is 25.1 Å². The van der Waals surface area contributed by atoms with Gasteiger partial charge in [0.15, 0.2) is 0 Å². The van der Waals surface area contributed by atoms with Crippen molar-refractivity contribution < 1.29 is 4.74 Å². The van der Waals surface area contributed by atoms with Crippen LogP contribution in [0.3, 0.4) is 0 Å². The van der Waals surface area contributed by atoms with Gasteiger partial charge in [-0.1, -0.05) is 6.07 Å². The first-order valence-corrected chi connectivity index (χ1v) is 5.99. The summed E-state index contributed by atoms with van der Waals surface area (Å²) in [5.41, 5.74) is 2.73. The third-order valence-electron chi connectivity index (χ3n) is 2.55. The summed E-state index contributed by atoms with van der Waals surface area (Å²) in [6.45, 7) is 4.15. The van der Waals surface area contributed by atoms with E-state index in [2.05, 4.69) is 36.8 Å². The maximum absolute atomic E-state index is 5.55. The Balaban J connectivity index is 2.50. The maximum Gasteiger partial charge on any atom is 0.0638 e. The summed E-state index contributed by atoms with van der Waals surface area (Å²) in [7, 11) is 1.73. The van der Waals surface area contributed by atoms with Crippen LogP contribution in [0, 0.1) is 0 Å². The number of thiophene rings is 1. The molecular weight excluding hydrogens is 208 g/mol.